The first-order valence-electron chi connectivity index (χ1n) is 13.2. The van der Waals surface area contributed by atoms with Gasteiger partial charge in [0.15, 0.2) is 0 Å². The van der Waals surface area contributed by atoms with Gasteiger partial charge in [0.1, 0.15) is 17.7 Å². The van der Waals surface area contributed by atoms with Crippen molar-refractivity contribution in [2.75, 3.05) is 5.32 Å². The van der Waals surface area contributed by atoms with Crippen LogP contribution < -0.4 is 16.4 Å². The number of carbonyl (C=O) groups is 4. The monoisotopic (exact) mass is 538 g/mol. The third kappa shape index (κ3) is 8.84. The molecule has 0 bridgehead atoms. The molecule has 2 rings (SSSR count). The van der Waals surface area contributed by atoms with Crippen molar-refractivity contribution in [3.05, 3.63) is 64.7 Å². The van der Waals surface area contributed by atoms with Crippen LogP contribution >= 0.6 is 0 Å². The van der Waals surface area contributed by atoms with Gasteiger partial charge < -0.3 is 26.0 Å². The van der Waals surface area contributed by atoms with Crippen molar-refractivity contribution in [1.82, 2.24) is 10.2 Å². The summed E-state index contributed by atoms with van der Waals surface area (Å²) in [5.74, 6) is -1.81. The summed E-state index contributed by atoms with van der Waals surface area (Å²) in [4.78, 5) is 54.1. The van der Waals surface area contributed by atoms with E-state index in [1.165, 1.54) is 4.90 Å². The van der Waals surface area contributed by atoms with Crippen molar-refractivity contribution in [2.24, 2.45) is 5.73 Å². The van der Waals surface area contributed by atoms with Crippen molar-refractivity contribution in [2.45, 2.75) is 92.0 Å². The van der Waals surface area contributed by atoms with Gasteiger partial charge in [0.2, 0.25) is 11.8 Å². The molecule has 0 aliphatic rings. The van der Waals surface area contributed by atoms with E-state index in [1.54, 1.807) is 32.9 Å². The molecule has 0 spiro atoms. The minimum atomic E-state index is -1.33. The molecule has 0 radical (unpaired) electrons. The number of anilines is 1. The maximum Gasteiger partial charge on any atom is 0.408 e. The molecule has 4 N–H and O–H groups in total. The maximum absolute atomic E-state index is 14.1. The highest BCUT2D eigenvalue weighted by Crippen LogP contribution is 2.29. The topological polar surface area (TPSA) is 131 Å². The number of amides is 4. The molecule has 4 amide bonds. The van der Waals surface area contributed by atoms with Crippen molar-refractivity contribution in [3.63, 3.8) is 0 Å². The first-order chi connectivity index (χ1) is 18.1. The quantitative estimate of drug-likeness (QED) is 0.404. The van der Waals surface area contributed by atoms with Crippen LogP contribution in [0.5, 0.6) is 0 Å². The Morgan fingerprint density at radius 2 is 1.54 bits per heavy atom. The minimum Gasteiger partial charge on any atom is -0.444 e. The highest BCUT2D eigenvalue weighted by atomic mass is 16.6. The van der Waals surface area contributed by atoms with E-state index in [-0.39, 0.29) is 0 Å². The summed E-state index contributed by atoms with van der Waals surface area (Å²) in [7, 11) is 0. The Balaban J connectivity index is 2.60. The molecule has 0 aromatic heterocycles. The number of benzene rings is 2. The number of nitrogens with zero attached hydrogens (tertiary/aromatic N) is 1. The van der Waals surface area contributed by atoms with Crippen LogP contribution in [0.25, 0.3) is 0 Å². The number of nitrogens with one attached hydrogen (secondary N) is 2. The lowest BCUT2D eigenvalue weighted by molar-refractivity contribution is -0.144. The van der Waals surface area contributed by atoms with Crippen LogP contribution in [0.3, 0.4) is 0 Å². The maximum atomic E-state index is 14.1. The molecule has 0 saturated carbocycles. The second-order valence-electron chi connectivity index (χ2n) is 10.9. The molecular weight excluding hydrogens is 496 g/mol. The Hall–Kier alpha value is -3.88. The van der Waals surface area contributed by atoms with Crippen LogP contribution in [0.4, 0.5) is 10.5 Å². The Labute approximate surface area is 231 Å². The first kappa shape index (κ1) is 31.3. The van der Waals surface area contributed by atoms with Gasteiger partial charge in [0.05, 0.1) is 6.42 Å². The van der Waals surface area contributed by atoms with Crippen molar-refractivity contribution in [1.29, 1.82) is 0 Å². The molecule has 3 unspecified atom stereocenters. The van der Waals surface area contributed by atoms with E-state index in [4.69, 9.17) is 10.5 Å². The Bertz CT molecular complexity index is 1170. The van der Waals surface area contributed by atoms with Gasteiger partial charge in [0, 0.05) is 11.7 Å². The third-order valence-electron chi connectivity index (χ3n) is 6.36. The molecule has 0 fully saturated rings. The molecular formula is C30H42N4O5. The Morgan fingerprint density at radius 1 is 0.974 bits per heavy atom. The lowest BCUT2D eigenvalue weighted by atomic mass is 9.98. The fourth-order valence-electron chi connectivity index (χ4n) is 4.22. The fraction of sp³-hybridized carbons (Fsp3) is 0.467. The predicted octanol–water partition coefficient (Wildman–Crippen LogP) is 4.69. The van der Waals surface area contributed by atoms with E-state index in [1.807, 2.05) is 65.0 Å². The average molecular weight is 539 g/mol. The van der Waals surface area contributed by atoms with Gasteiger partial charge in [-0.15, -0.1) is 0 Å². The number of nitrogens with two attached hydrogens (primary N) is 1. The van der Waals surface area contributed by atoms with Crippen molar-refractivity contribution < 1.29 is 23.9 Å². The number of hydrogen-bond donors (Lipinski definition) is 3. The molecule has 39 heavy (non-hydrogen) atoms. The van der Waals surface area contributed by atoms with Crippen molar-refractivity contribution >= 4 is 29.5 Å². The first-order valence-corrected chi connectivity index (χ1v) is 13.2. The molecule has 3 atom stereocenters. The Kier molecular flexibility index (Phi) is 10.7. The normalized spacial score (nSPS) is 13.5. The van der Waals surface area contributed by atoms with Gasteiger partial charge in [-0.1, -0.05) is 55.0 Å². The average Bonchev–Trinajstić information content (AvgIpc) is 2.82. The van der Waals surface area contributed by atoms with Gasteiger partial charge >= 0.3 is 6.09 Å². The lowest BCUT2D eigenvalue weighted by Crippen LogP contribution is -2.55. The zero-order valence-electron chi connectivity index (χ0n) is 24.3. The zero-order chi connectivity index (χ0) is 29.5. The number of para-hydroxylation sites is 1. The van der Waals surface area contributed by atoms with E-state index in [9.17, 15) is 19.2 Å². The number of rotatable bonds is 10. The van der Waals surface area contributed by atoms with Crippen LogP contribution in [0.1, 0.15) is 75.8 Å². The van der Waals surface area contributed by atoms with Crippen LogP contribution in [0.15, 0.2) is 42.5 Å². The number of carbonyl (C=O) groups excluding carboxylic acids is 4. The number of ether oxygens (including phenoxy) is 1. The molecule has 9 nitrogen and oxygen atoms in total. The van der Waals surface area contributed by atoms with Crippen LogP contribution in [0.2, 0.25) is 0 Å². The van der Waals surface area contributed by atoms with Crippen LogP contribution in [-0.2, 0) is 19.1 Å². The van der Waals surface area contributed by atoms with Gasteiger partial charge in [-0.25, -0.2) is 4.79 Å². The molecule has 2 aromatic carbocycles. The fourth-order valence-corrected chi connectivity index (χ4v) is 4.22. The number of primary amides is 1. The molecule has 9 heteroatoms. The molecule has 0 aliphatic carbocycles. The summed E-state index contributed by atoms with van der Waals surface area (Å²) in [6.07, 6.45) is -0.803. The van der Waals surface area contributed by atoms with E-state index in [0.29, 0.717) is 17.7 Å². The second-order valence-corrected chi connectivity index (χ2v) is 10.9. The molecule has 212 valence electrons. The molecule has 0 heterocycles. The Morgan fingerprint density at radius 3 is 2.03 bits per heavy atom. The summed E-state index contributed by atoms with van der Waals surface area (Å²) in [6, 6.07) is 10.2. The predicted molar refractivity (Wildman–Crippen MR) is 152 cm³/mol. The molecule has 2 aromatic rings. The van der Waals surface area contributed by atoms with Gasteiger partial charge in [-0.2, -0.15) is 0 Å². The summed E-state index contributed by atoms with van der Waals surface area (Å²) in [6.45, 7) is 14.5. The third-order valence-corrected chi connectivity index (χ3v) is 6.36. The van der Waals surface area contributed by atoms with E-state index < -0.39 is 54.0 Å². The minimum absolute atomic E-state index is 0.417. The lowest BCUT2D eigenvalue weighted by Gasteiger charge is -2.38. The van der Waals surface area contributed by atoms with Gasteiger partial charge in [0.25, 0.3) is 5.91 Å². The standard InChI is InChI=1S/C30H42N4O5/c1-9-21(5)34(28(37)23(17-24(31)35)32-29(38)39-30(6,7)8)26(22-15-13-18(2)14-16-22)27(36)33-25-19(3)11-10-12-20(25)4/h10-16,21,23,26H,9,17H2,1-8H3,(H2,31,35)(H,32,38)(H,33,36). The number of aryl methyl sites for hydroxylation is 3. The number of alkyl carbamates (subject to hydrolysis) is 1. The summed E-state index contributed by atoms with van der Waals surface area (Å²) in [5, 5.41) is 5.52. The second kappa shape index (κ2) is 13.3. The zero-order valence-corrected chi connectivity index (χ0v) is 24.3. The van der Waals surface area contributed by atoms with Crippen LogP contribution in [-0.4, -0.2) is 46.4 Å². The summed E-state index contributed by atoms with van der Waals surface area (Å²) < 4.78 is 5.33. The van der Waals surface area contributed by atoms with Crippen molar-refractivity contribution in [3.8, 4) is 0 Å². The largest absolute Gasteiger partial charge is 0.444 e. The van der Waals surface area contributed by atoms with Gasteiger partial charge in [-0.05, 0) is 71.6 Å². The number of hydrogen-bond acceptors (Lipinski definition) is 5. The highest BCUT2D eigenvalue weighted by molar-refractivity contribution is 6.00. The van der Waals surface area contributed by atoms with E-state index in [2.05, 4.69) is 10.6 Å². The van der Waals surface area contributed by atoms with E-state index in [0.717, 1.165) is 16.7 Å². The molecule has 0 aliphatic heterocycles. The summed E-state index contributed by atoms with van der Waals surface area (Å²) >= 11 is 0. The van der Waals surface area contributed by atoms with Gasteiger partial charge in [-0.3, -0.25) is 14.4 Å². The smallest absolute Gasteiger partial charge is 0.408 e. The molecule has 0 saturated heterocycles. The summed E-state index contributed by atoms with van der Waals surface area (Å²) in [5.41, 5.74) is 8.65. The van der Waals surface area contributed by atoms with Crippen LogP contribution in [0, 0.1) is 20.8 Å². The SMILES string of the molecule is CCC(C)N(C(=O)C(CC(N)=O)NC(=O)OC(C)(C)C)C(C(=O)Nc1c(C)cccc1C)c1ccc(C)cc1. The highest BCUT2D eigenvalue weighted by Gasteiger charge is 2.39. The van der Waals surface area contributed by atoms with E-state index >= 15 is 0 Å².